The second-order valence-corrected chi connectivity index (χ2v) is 9.18. The maximum atomic E-state index is 13.4. The van der Waals surface area contributed by atoms with Gasteiger partial charge < -0.3 is 4.74 Å². The van der Waals surface area contributed by atoms with E-state index in [-0.39, 0.29) is 10.6 Å². The lowest BCUT2D eigenvalue weighted by molar-refractivity contribution is 0.400. The largest absolute Gasteiger partial charge is 0.495 e. The molecule has 0 aliphatic carbocycles. The fourth-order valence-corrected chi connectivity index (χ4v) is 5.47. The van der Waals surface area contributed by atoms with Crippen molar-refractivity contribution in [3.63, 3.8) is 0 Å². The van der Waals surface area contributed by atoms with E-state index in [4.69, 9.17) is 16.3 Å². The highest BCUT2D eigenvalue weighted by atomic mass is 35.5. The monoisotopic (exact) mass is 428 g/mol. The zero-order chi connectivity index (χ0) is 20.6. The van der Waals surface area contributed by atoms with Gasteiger partial charge in [0.2, 0.25) is 0 Å². The summed E-state index contributed by atoms with van der Waals surface area (Å²) in [6, 6.07) is 17.2. The van der Waals surface area contributed by atoms with E-state index in [1.807, 2.05) is 49.4 Å². The molecule has 0 amide bonds. The number of amidine groups is 1. The Bertz CT molecular complexity index is 1220. The number of hydrogen-bond acceptors (Lipinski definition) is 4. The first-order valence-corrected chi connectivity index (χ1v) is 11.1. The zero-order valence-corrected chi connectivity index (χ0v) is 17.8. The first-order chi connectivity index (χ1) is 13.9. The Kier molecular flexibility index (Phi) is 5.23. The predicted molar refractivity (Wildman–Crippen MR) is 117 cm³/mol. The molecule has 0 spiro atoms. The van der Waals surface area contributed by atoms with Gasteiger partial charge in [-0.15, -0.1) is 0 Å². The first kappa shape index (κ1) is 19.7. The van der Waals surface area contributed by atoms with Gasteiger partial charge in [0, 0.05) is 11.4 Å². The summed E-state index contributed by atoms with van der Waals surface area (Å²) in [7, 11) is -2.40. The van der Waals surface area contributed by atoms with Gasteiger partial charge in [0.05, 0.1) is 20.2 Å². The molecule has 1 heterocycles. The second kappa shape index (κ2) is 7.69. The summed E-state index contributed by atoms with van der Waals surface area (Å²) >= 11 is 6.22. The smallest absolute Gasteiger partial charge is 0.269 e. The number of halogens is 1. The number of nitrogens with zero attached hydrogens (tertiary/aromatic N) is 2. The molecule has 7 heteroatoms. The van der Waals surface area contributed by atoms with Crippen LogP contribution in [0, 0.1) is 6.92 Å². The molecule has 4 rings (SSSR count). The van der Waals surface area contributed by atoms with E-state index >= 15 is 0 Å². The van der Waals surface area contributed by atoms with Crippen LogP contribution in [-0.2, 0) is 16.4 Å². The van der Waals surface area contributed by atoms with Gasteiger partial charge in [-0.3, -0.25) is 9.30 Å². The third-order valence-electron chi connectivity index (χ3n) is 5.13. The van der Waals surface area contributed by atoms with Crippen molar-refractivity contribution in [1.82, 2.24) is 4.31 Å². The van der Waals surface area contributed by atoms with Crippen LogP contribution in [0.2, 0.25) is 5.02 Å². The molecule has 5 nitrogen and oxygen atoms in total. The van der Waals surface area contributed by atoms with Gasteiger partial charge in [0.1, 0.15) is 16.5 Å². The van der Waals surface area contributed by atoms with Gasteiger partial charge in [0.25, 0.3) is 10.0 Å². The number of benzene rings is 3. The normalized spacial score (nSPS) is 14.3. The molecule has 1 aliphatic rings. The third kappa shape index (κ3) is 3.58. The summed E-state index contributed by atoms with van der Waals surface area (Å²) in [4.78, 5) is 4.55. The van der Waals surface area contributed by atoms with E-state index in [1.54, 1.807) is 6.07 Å². The van der Waals surface area contributed by atoms with Crippen LogP contribution in [0.15, 0.2) is 64.5 Å². The molecular formula is C22H21ClN2O3S. The van der Waals surface area contributed by atoms with Crippen LogP contribution in [0.1, 0.15) is 11.1 Å². The van der Waals surface area contributed by atoms with Crippen molar-refractivity contribution < 1.29 is 13.2 Å². The minimum atomic E-state index is -3.85. The maximum absolute atomic E-state index is 13.4. The van der Waals surface area contributed by atoms with Gasteiger partial charge in [-0.05, 0) is 41.0 Å². The van der Waals surface area contributed by atoms with E-state index in [9.17, 15) is 8.42 Å². The van der Waals surface area contributed by atoms with Gasteiger partial charge in [-0.2, -0.15) is 0 Å². The number of methoxy groups -OCH3 is 1. The number of aryl methyl sites for hydroxylation is 1. The molecule has 3 aromatic carbocycles. The quantitative estimate of drug-likeness (QED) is 0.603. The lowest BCUT2D eigenvalue weighted by Gasteiger charge is -2.22. The van der Waals surface area contributed by atoms with Crippen molar-refractivity contribution in [3.05, 3.63) is 70.7 Å². The SMILES string of the molecule is COc1cc(C)c(Cl)cc1S(=O)(=O)N1CCN=C1Cc1cccc2ccccc12. The molecule has 0 saturated heterocycles. The average Bonchev–Trinajstić information content (AvgIpc) is 3.19. The van der Waals surface area contributed by atoms with Crippen LogP contribution in [0.4, 0.5) is 0 Å². The van der Waals surface area contributed by atoms with E-state index < -0.39 is 10.0 Å². The molecule has 3 aromatic rings. The fourth-order valence-electron chi connectivity index (χ4n) is 3.61. The van der Waals surface area contributed by atoms with E-state index in [2.05, 4.69) is 4.99 Å². The Balaban J connectivity index is 1.72. The molecule has 0 N–H and O–H groups in total. The molecular weight excluding hydrogens is 408 g/mol. The van der Waals surface area contributed by atoms with Gasteiger partial charge in [-0.1, -0.05) is 54.1 Å². The number of ether oxygens (including phenoxy) is 1. The van der Waals surface area contributed by atoms with Crippen LogP contribution >= 0.6 is 11.6 Å². The average molecular weight is 429 g/mol. The molecule has 0 bridgehead atoms. The van der Waals surface area contributed by atoms with Crippen molar-refractivity contribution in [2.45, 2.75) is 18.2 Å². The van der Waals surface area contributed by atoms with Crippen LogP contribution in [0.5, 0.6) is 5.75 Å². The van der Waals surface area contributed by atoms with Crippen molar-refractivity contribution in [2.24, 2.45) is 4.99 Å². The van der Waals surface area contributed by atoms with Crippen LogP contribution in [0.3, 0.4) is 0 Å². The Hall–Kier alpha value is -2.57. The van der Waals surface area contributed by atoms with Crippen molar-refractivity contribution in [2.75, 3.05) is 20.2 Å². The highest BCUT2D eigenvalue weighted by Crippen LogP contribution is 2.33. The number of sulfonamides is 1. The Labute approximate surface area is 175 Å². The Morgan fingerprint density at radius 3 is 2.69 bits per heavy atom. The third-order valence-corrected chi connectivity index (χ3v) is 7.38. The molecule has 0 atom stereocenters. The molecule has 1 aliphatic heterocycles. The van der Waals surface area contributed by atoms with Gasteiger partial charge in [0.15, 0.2) is 0 Å². The predicted octanol–water partition coefficient (Wildman–Crippen LogP) is 4.46. The summed E-state index contributed by atoms with van der Waals surface area (Å²) < 4.78 is 33.6. The van der Waals surface area contributed by atoms with E-state index in [1.165, 1.54) is 17.5 Å². The van der Waals surface area contributed by atoms with Crippen LogP contribution in [-0.4, -0.2) is 38.8 Å². The number of fused-ring (bicyclic) bond motifs is 1. The van der Waals surface area contributed by atoms with E-state index in [0.717, 1.165) is 21.9 Å². The summed E-state index contributed by atoms with van der Waals surface area (Å²) in [6.45, 7) is 2.54. The Morgan fingerprint density at radius 2 is 1.90 bits per heavy atom. The summed E-state index contributed by atoms with van der Waals surface area (Å²) in [5.41, 5.74) is 1.80. The molecule has 0 unspecified atom stereocenters. The zero-order valence-electron chi connectivity index (χ0n) is 16.2. The first-order valence-electron chi connectivity index (χ1n) is 9.28. The molecule has 150 valence electrons. The van der Waals surface area contributed by atoms with Crippen LogP contribution < -0.4 is 4.74 Å². The molecule has 0 fully saturated rings. The lowest BCUT2D eigenvalue weighted by Crippen LogP contribution is -2.35. The number of hydrogen-bond donors (Lipinski definition) is 0. The molecule has 0 radical (unpaired) electrons. The summed E-state index contributed by atoms with van der Waals surface area (Å²) in [5.74, 6) is 0.809. The van der Waals surface area contributed by atoms with E-state index in [0.29, 0.717) is 30.4 Å². The van der Waals surface area contributed by atoms with Gasteiger partial charge >= 0.3 is 0 Å². The fraction of sp³-hybridized carbons (Fsp3) is 0.227. The van der Waals surface area contributed by atoms with Crippen molar-refractivity contribution in [3.8, 4) is 5.75 Å². The molecule has 0 saturated carbocycles. The number of aliphatic imine (C=N–C) groups is 1. The minimum Gasteiger partial charge on any atom is -0.495 e. The maximum Gasteiger partial charge on any atom is 0.269 e. The summed E-state index contributed by atoms with van der Waals surface area (Å²) in [5, 5.41) is 2.60. The molecule has 29 heavy (non-hydrogen) atoms. The lowest BCUT2D eigenvalue weighted by atomic mass is 10.0. The standard InChI is InChI=1S/C22H21ClN2O3S/c1-15-12-20(28-2)21(14-19(15)23)29(26,27)25-11-10-24-22(25)13-17-8-5-7-16-6-3-4-9-18(16)17/h3-9,12,14H,10-11,13H2,1-2H3. The second-order valence-electron chi connectivity index (χ2n) is 6.94. The molecule has 0 aromatic heterocycles. The number of rotatable bonds is 5. The topological polar surface area (TPSA) is 59.0 Å². The van der Waals surface area contributed by atoms with Gasteiger partial charge in [-0.25, -0.2) is 8.42 Å². The van der Waals surface area contributed by atoms with Crippen LogP contribution in [0.25, 0.3) is 10.8 Å². The summed E-state index contributed by atoms with van der Waals surface area (Å²) in [6.07, 6.45) is 0.433. The highest BCUT2D eigenvalue weighted by molar-refractivity contribution is 7.89. The minimum absolute atomic E-state index is 0.0584. The highest BCUT2D eigenvalue weighted by Gasteiger charge is 2.33. The van der Waals surface area contributed by atoms with Crippen molar-refractivity contribution in [1.29, 1.82) is 0 Å². The Morgan fingerprint density at radius 1 is 1.14 bits per heavy atom. The van der Waals surface area contributed by atoms with Crippen molar-refractivity contribution >= 4 is 38.2 Å².